The van der Waals surface area contributed by atoms with Gasteiger partial charge in [0, 0.05) is 70.9 Å². The van der Waals surface area contributed by atoms with Gasteiger partial charge >= 0.3 is 6.03 Å². The summed E-state index contributed by atoms with van der Waals surface area (Å²) in [5, 5.41) is 24.7. The van der Waals surface area contributed by atoms with Crippen LogP contribution in [-0.2, 0) is 9.59 Å². The van der Waals surface area contributed by atoms with Gasteiger partial charge in [0.1, 0.15) is 23.6 Å². The van der Waals surface area contributed by atoms with Crippen molar-refractivity contribution in [2.75, 3.05) is 69.1 Å². The first kappa shape index (κ1) is 35.9. The van der Waals surface area contributed by atoms with Gasteiger partial charge in [-0.25, -0.2) is 4.79 Å². The summed E-state index contributed by atoms with van der Waals surface area (Å²) in [7, 11) is 0. The number of hydrogen-bond acceptors (Lipinski definition) is 12. The molecule has 9 rings (SSSR count). The predicted molar refractivity (Wildman–Crippen MR) is 203 cm³/mol. The predicted octanol–water partition coefficient (Wildman–Crippen LogP) is 2.54. The lowest BCUT2D eigenvalue weighted by Gasteiger charge is -2.47. The van der Waals surface area contributed by atoms with E-state index in [0.29, 0.717) is 49.1 Å². The number of nitrogens with zero attached hydrogens (tertiary/aromatic N) is 7. The lowest BCUT2D eigenvalue weighted by Crippen LogP contribution is -2.61. The molecule has 0 saturated carbocycles. The van der Waals surface area contributed by atoms with E-state index in [1.165, 1.54) is 0 Å². The maximum absolute atomic E-state index is 13.7. The Morgan fingerprint density at radius 1 is 0.821 bits per heavy atom. The Hall–Kier alpha value is -5.77. The minimum absolute atomic E-state index is 0.0252. The second-order valence-corrected chi connectivity index (χ2v) is 15.6. The van der Waals surface area contributed by atoms with Gasteiger partial charge in [-0.05, 0) is 74.4 Å². The lowest BCUT2D eigenvalue weighted by molar-refractivity contribution is -0.136. The largest absolute Gasteiger partial charge is 0.507 e. The second kappa shape index (κ2) is 14.7. The summed E-state index contributed by atoms with van der Waals surface area (Å²) in [5.74, 6) is -0.196. The molecule has 56 heavy (non-hydrogen) atoms. The molecule has 2 atom stereocenters. The summed E-state index contributed by atoms with van der Waals surface area (Å²) < 4.78 is 6.29. The number of carbonyl (C=O) groups is 5. The molecular weight excluding hydrogens is 718 g/mol. The molecule has 6 aliphatic heterocycles. The summed E-state index contributed by atoms with van der Waals surface area (Å²) in [5.41, 5.74) is 2.64. The molecule has 16 heteroatoms. The fraction of sp³-hybridized carbons (Fsp3) is 0.475. The van der Waals surface area contributed by atoms with E-state index in [-0.39, 0.29) is 47.9 Å². The number of ether oxygens (including phenoxy) is 1. The van der Waals surface area contributed by atoms with E-state index in [0.717, 1.165) is 74.8 Å². The molecule has 2 aromatic carbocycles. The molecule has 292 valence electrons. The van der Waals surface area contributed by atoms with E-state index in [1.807, 2.05) is 28.0 Å². The number of hydrogen-bond donors (Lipinski definition) is 3. The Morgan fingerprint density at radius 2 is 1.61 bits per heavy atom. The number of likely N-dealkylation sites (tertiary alicyclic amines) is 2. The molecule has 0 aliphatic carbocycles. The highest BCUT2D eigenvalue weighted by atomic mass is 16.5. The van der Waals surface area contributed by atoms with Gasteiger partial charge in [-0.1, -0.05) is 12.1 Å². The Labute approximate surface area is 323 Å². The first-order valence-corrected chi connectivity index (χ1v) is 19.7. The normalized spacial score (nSPS) is 23.4. The number of carbonyl (C=O) groups excluding carboxylic acids is 5. The van der Waals surface area contributed by atoms with Crippen LogP contribution in [0.25, 0.3) is 11.3 Å². The van der Waals surface area contributed by atoms with Crippen molar-refractivity contribution >= 4 is 41.2 Å². The molecule has 1 aromatic heterocycles. The van der Waals surface area contributed by atoms with Gasteiger partial charge in [0.05, 0.1) is 28.6 Å². The summed E-state index contributed by atoms with van der Waals surface area (Å²) in [4.78, 5) is 73.7. The van der Waals surface area contributed by atoms with Gasteiger partial charge in [0.2, 0.25) is 11.8 Å². The summed E-state index contributed by atoms with van der Waals surface area (Å²) in [6, 6.07) is 13.2. The third-order valence-electron chi connectivity index (χ3n) is 12.2. The maximum Gasteiger partial charge on any atom is 0.320 e. The second-order valence-electron chi connectivity index (χ2n) is 15.6. The van der Waals surface area contributed by atoms with Crippen molar-refractivity contribution in [2.24, 2.45) is 5.92 Å². The zero-order chi connectivity index (χ0) is 38.5. The fourth-order valence-electron chi connectivity index (χ4n) is 9.08. The van der Waals surface area contributed by atoms with Crippen LogP contribution in [0.1, 0.15) is 59.2 Å². The zero-order valence-corrected chi connectivity index (χ0v) is 31.1. The fourth-order valence-corrected chi connectivity index (χ4v) is 9.08. The molecule has 3 aromatic rings. The van der Waals surface area contributed by atoms with Crippen molar-refractivity contribution in [1.29, 1.82) is 0 Å². The first-order chi connectivity index (χ1) is 27.2. The number of para-hydroxylation sites is 1. The van der Waals surface area contributed by atoms with Gasteiger partial charge in [0.25, 0.3) is 11.8 Å². The Bertz CT molecular complexity index is 2080. The number of nitrogens with one attached hydrogen (secondary N) is 2. The quantitative estimate of drug-likeness (QED) is 0.313. The number of imide groups is 2. The van der Waals surface area contributed by atoms with E-state index in [4.69, 9.17) is 4.74 Å². The monoisotopic (exact) mass is 763 g/mol. The Morgan fingerprint density at radius 3 is 2.39 bits per heavy atom. The van der Waals surface area contributed by atoms with E-state index >= 15 is 0 Å². The molecule has 16 nitrogen and oxygen atoms in total. The average molecular weight is 764 g/mol. The topological polar surface area (TPSA) is 181 Å². The SMILES string of the molecule is O=C1CCC(N2C(=O)c3ccc(OC4CCN(CC5CCN(C(=O)N6CCN7c8cc(-c9ccccc9O)nnc8NC[C@H]7C6)CC5)CC4)cc3C2=O)C(=O)N1. The van der Waals surface area contributed by atoms with Crippen molar-refractivity contribution in [3.8, 4) is 22.8 Å². The molecule has 0 bridgehead atoms. The standard InChI is InChI=1S/C40H45N9O7/c50-34-4-2-1-3-29(34)31-20-33-36(44-43-31)41-21-25-23-47(17-18-48(25)33)40(55)46-15-9-24(10-16-46)22-45-13-11-26(12-14-45)56-27-5-6-28-30(19-27)39(54)49(38(28)53)32-7-8-35(51)42-37(32)52/h1-6,19-20,24-26,32,50H,7-18,21-23H2,(H,41,44)(H,42,51,52)/t25-,32?/m0/s1. The van der Waals surface area contributed by atoms with Crippen LogP contribution in [0.5, 0.6) is 11.5 Å². The highest BCUT2D eigenvalue weighted by molar-refractivity contribution is 6.23. The number of aromatic hydroxyl groups is 1. The Balaban J connectivity index is 0.726. The molecule has 4 saturated heterocycles. The summed E-state index contributed by atoms with van der Waals surface area (Å²) in [6.45, 7) is 6.86. The van der Waals surface area contributed by atoms with Crippen LogP contribution in [0, 0.1) is 5.92 Å². The smallest absolute Gasteiger partial charge is 0.320 e. The average Bonchev–Trinajstić information content (AvgIpc) is 3.46. The molecule has 0 radical (unpaired) electrons. The zero-order valence-electron chi connectivity index (χ0n) is 31.1. The van der Waals surface area contributed by atoms with Crippen molar-refractivity contribution < 1.29 is 33.8 Å². The number of anilines is 2. The summed E-state index contributed by atoms with van der Waals surface area (Å²) in [6.07, 6.45) is 3.76. The molecule has 6 amide bonds. The number of benzene rings is 2. The Kier molecular flexibility index (Phi) is 9.43. The van der Waals surface area contributed by atoms with Crippen LogP contribution in [0.2, 0.25) is 0 Å². The number of urea groups is 1. The van der Waals surface area contributed by atoms with Crippen molar-refractivity contribution in [2.45, 2.75) is 56.7 Å². The van der Waals surface area contributed by atoms with Gasteiger partial charge in [-0.15, -0.1) is 10.2 Å². The van der Waals surface area contributed by atoms with Crippen molar-refractivity contribution in [3.05, 3.63) is 59.7 Å². The van der Waals surface area contributed by atoms with E-state index in [9.17, 15) is 29.1 Å². The number of phenols is 1. The van der Waals surface area contributed by atoms with Gasteiger partial charge in [0.15, 0.2) is 5.82 Å². The number of fused-ring (bicyclic) bond motifs is 4. The number of amides is 6. The molecule has 1 unspecified atom stereocenters. The van der Waals surface area contributed by atoms with Crippen molar-refractivity contribution in [1.82, 2.24) is 35.1 Å². The highest BCUT2D eigenvalue weighted by Gasteiger charge is 2.45. The number of aromatic nitrogens is 2. The molecule has 0 spiro atoms. The molecule has 7 heterocycles. The van der Waals surface area contributed by atoms with Crippen molar-refractivity contribution in [3.63, 3.8) is 0 Å². The van der Waals surface area contributed by atoms with Gasteiger partial charge in [-0.3, -0.25) is 29.4 Å². The van der Waals surface area contributed by atoms with Crippen LogP contribution >= 0.6 is 0 Å². The maximum atomic E-state index is 13.7. The minimum atomic E-state index is -0.999. The molecule has 3 N–H and O–H groups in total. The summed E-state index contributed by atoms with van der Waals surface area (Å²) >= 11 is 0. The third kappa shape index (κ3) is 6.75. The number of rotatable bonds is 6. The van der Waals surface area contributed by atoms with Crippen LogP contribution < -0.4 is 20.3 Å². The van der Waals surface area contributed by atoms with Crippen LogP contribution in [0.15, 0.2) is 48.5 Å². The number of piperazine rings is 1. The minimum Gasteiger partial charge on any atom is -0.507 e. The van der Waals surface area contributed by atoms with Crippen LogP contribution in [0.4, 0.5) is 16.3 Å². The van der Waals surface area contributed by atoms with E-state index < -0.39 is 29.7 Å². The van der Waals surface area contributed by atoms with Crippen LogP contribution in [-0.4, -0.2) is 142 Å². The lowest BCUT2D eigenvalue weighted by atomic mass is 9.95. The number of phenolic OH excluding ortho intramolecular Hbond substituents is 1. The molecule has 6 aliphatic rings. The van der Waals surface area contributed by atoms with E-state index in [1.54, 1.807) is 30.3 Å². The van der Waals surface area contributed by atoms with Gasteiger partial charge < -0.3 is 34.8 Å². The van der Waals surface area contributed by atoms with Gasteiger partial charge in [-0.2, -0.15) is 0 Å². The van der Waals surface area contributed by atoms with E-state index in [2.05, 4.69) is 30.6 Å². The third-order valence-corrected chi connectivity index (χ3v) is 12.2. The molecule has 4 fully saturated rings. The highest BCUT2D eigenvalue weighted by Crippen LogP contribution is 2.37. The molecular formula is C40H45N9O7. The number of piperidine rings is 3. The van der Waals surface area contributed by atoms with Crippen LogP contribution in [0.3, 0.4) is 0 Å². The first-order valence-electron chi connectivity index (χ1n) is 19.7.